The van der Waals surface area contributed by atoms with Gasteiger partial charge in [-0.1, -0.05) is 26.7 Å². The second-order valence-corrected chi connectivity index (χ2v) is 5.12. The summed E-state index contributed by atoms with van der Waals surface area (Å²) >= 11 is 0. The van der Waals surface area contributed by atoms with E-state index in [9.17, 15) is 18.0 Å². The number of alkyl carbamates (subject to hydrolysis) is 1. The van der Waals surface area contributed by atoms with Crippen LogP contribution in [0.25, 0.3) is 0 Å². The van der Waals surface area contributed by atoms with Gasteiger partial charge in [0.2, 0.25) is 0 Å². The molecule has 1 aliphatic carbocycles. The van der Waals surface area contributed by atoms with E-state index in [4.69, 9.17) is 0 Å². The first kappa shape index (κ1) is 14.1. The number of halogens is 3. The molecule has 1 aliphatic rings. The molecule has 3 nitrogen and oxygen atoms in total. The molecule has 0 aromatic carbocycles. The molecule has 1 saturated carbocycles. The molecule has 0 radical (unpaired) electrons. The number of hydrogen-bond acceptors (Lipinski definition) is 2. The van der Waals surface area contributed by atoms with E-state index in [0.29, 0.717) is 0 Å². The lowest BCUT2D eigenvalue weighted by Crippen LogP contribution is -2.47. The van der Waals surface area contributed by atoms with Crippen molar-refractivity contribution in [3.63, 3.8) is 0 Å². The van der Waals surface area contributed by atoms with E-state index in [1.165, 1.54) is 0 Å². The van der Waals surface area contributed by atoms with E-state index < -0.39 is 18.9 Å². The maximum atomic E-state index is 11.8. The number of ether oxygens (including phenoxy) is 1. The summed E-state index contributed by atoms with van der Waals surface area (Å²) in [6, 6.07) is -0.114. The van der Waals surface area contributed by atoms with Crippen LogP contribution in [0.4, 0.5) is 18.0 Å². The highest BCUT2D eigenvalue weighted by Gasteiger charge is 2.35. The first-order valence-electron chi connectivity index (χ1n) is 5.71. The van der Waals surface area contributed by atoms with Gasteiger partial charge in [0.25, 0.3) is 0 Å². The summed E-state index contributed by atoms with van der Waals surface area (Å²) in [5, 5.41) is 2.52. The number of carbonyl (C=O) groups is 1. The number of hydrogen-bond donors (Lipinski definition) is 1. The van der Waals surface area contributed by atoms with Gasteiger partial charge in [0.05, 0.1) is 0 Å². The summed E-state index contributed by atoms with van der Waals surface area (Å²) in [6.45, 7) is 2.47. The Morgan fingerprint density at radius 2 is 2.06 bits per heavy atom. The number of alkyl halides is 3. The van der Waals surface area contributed by atoms with Gasteiger partial charge in [-0.2, -0.15) is 13.2 Å². The van der Waals surface area contributed by atoms with Gasteiger partial charge in [0, 0.05) is 6.04 Å². The highest BCUT2D eigenvalue weighted by atomic mass is 19.4. The summed E-state index contributed by atoms with van der Waals surface area (Å²) in [6.07, 6.45) is -1.65. The molecule has 1 unspecified atom stereocenters. The first-order valence-corrected chi connectivity index (χ1v) is 5.71. The van der Waals surface area contributed by atoms with E-state index in [-0.39, 0.29) is 11.5 Å². The lowest BCUT2D eigenvalue weighted by molar-refractivity contribution is -0.160. The molecule has 1 fully saturated rings. The zero-order valence-electron chi connectivity index (χ0n) is 10.1. The Bertz CT molecular complexity index is 276. The predicted molar refractivity (Wildman–Crippen MR) is 56.6 cm³/mol. The van der Waals surface area contributed by atoms with Crippen molar-refractivity contribution in [3.05, 3.63) is 0 Å². The van der Waals surface area contributed by atoms with Crippen LogP contribution in [0, 0.1) is 5.41 Å². The van der Waals surface area contributed by atoms with Gasteiger partial charge in [-0.05, 0) is 18.3 Å². The minimum absolute atomic E-state index is 0.0878. The first-order chi connectivity index (χ1) is 7.71. The van der Waals surface area contributed by atoms with Crippen molar-refractivity contribution in [1.82, 2.24) is 5.32 Å². The average molecular weight is 253 g/mol. The van der Waals surface area contributed by atoms with Crippen LogP contribution in [-0.4, -0.2) is 24.9 Å². The number of nitrogens with one attached hydrogen (secondary N) is 1. The Kier molecular flexibility index (Phi) is 4.27. The molecule has 100 valence electrons. The summed E-state index contributed by atoms with van der Waals surface area (Å²) in [4.78, 5) is 11.2. The van der Waals surface area contributed by atoms with Crippen LogP contribution in [0.1, 0.15) is 39.5 Å². The number of amides is 1. The van der Waals surface area contributed by atoms with Crippen molar-refractivity contribution in [3.8, 4) is 0 Å². The fraction of sp³-hybridized carbons (Fsp3) is 0.909. The Morgan fingerprint density at radius 1 is 1.41 bits per heavy atom. The zero-order chi connectivity index (χ0) is 13.1. The zero-order valence-corrected chi connectivity index (χ0v) is 10.1. The topological polar surface area (TPSA) is 38.3 Å². The molecule has 1 rings (SSSR count). The average Bonchev–Trinajstić information content (AvgIpc) is 2.17. The fourth-order valence-corrected chi connectivity index (χ4v) is 2.09. The molecule has 0 bridgehead atoms. The fourth-order valence-electron chi connectivity index (χ4n) is 2.09. The third-order valence-corrected chi connectivity index (χ3v) is 3.17. The van der Waals surface area contributed by atoms with E-state index in [1.54, 1.807) is 0 Å². The molecule has 1 amide bonds. The quantitative estimate of drug-likeness (QED) is 0.820. The molecular formula is C11H18F3NO2. The van der Waals surface area contributed by atoms with E-state index in [0.717, 1.165) is 25.7 Å². The van der Waals surface area contributed by atoms with Gasteiger partial charge in [-0.3, -0.25) is 0 Å². The summed E-state index contributed by atoms with van der Waals surface area (Å²) in [5.74, 6) is 0. The molecule has 0 aromatic heterocycles. The van der Waals surface area contributed by atoms with Crippen LogP contribution in [-0.2, 0) is 4.74 Å². The van der Waals surface area contributed by atoms with Gasteiger partial charge in [-0.15, -0.1) is 0 Å². The lowest BCUT2D eigenvalue weighted by atomic mass is 9.73. The van der Waals surface area contributed by atoms with Gasteiger partial charge in [-0.25, -0.2) is 4.79 Å². The van der Waals surface area contributed by atoms with Gasteiger partial charge in [0.1, 0.15) is 0 Å². The third kappa shape index (κ3) is 4.83. The normalized spacial score (nSPS) is 24.2. The molecule has 1 N–H and O–H groups in total. The molecule has 0 aromatic rings. The molecule has 0 spiro atoms. The Morgan fingerprint density at radius 3 is 2.59 bits per heavy atom. The molecule has 0 heterocycles. The van der Waals surface area contributed by atoms with Crippen LogP contribution in [0.2, 0.25) is 0 Å². The van der Waals surface area contributed by atoms with Crippen molar-refractivity contribution in [2.24, 2.45) is 5.41 Å². The standard InChI is InChI=1S/C11H18F3NO2/c1-10(2)6-4-3-5-8(10)15-9(16)17-7-11(12,13)14/h8H,3-7H2,1-2H3,(H,15,16). The van der Waals surface area contributed by atoms with E-state index >= 15 is 0 Å². The van der Waals surface area contributed by atoms with E-state index in [1.807, 2.05) is 13.8 Å². The second kappa shape index (κ2) is 5.14. The van der Waals surface area contributed by atoms with Gasteiger partial charge in [0.15, 0.2) is 6.61 Å². The molecule has 1 atom stereocenters. The summed E-state index contributed by atoms with van der Waals surface area (Å²) in [5.41, 5.74) is -0.0878. The minimum atomic E-state index is -4.47. The molecule has 0 aliphatic heterocycles. The molecule has 6 heteroatoms. The van der Waals surface area contributed by atoms with E-state index in [2.05, 4.69) is 10.1 Å². The van der Waals surface area contributed by atoms with Crippen molar-refractivity contribution in [2.45, 2.75) is 51.7 Å². The molecular weight excluding hydrogens is 235 g/mol. The largest absolute Gasteiger partial charge is 0.440 e. The van der Waals surface area contributed by atoms with Crippen LogP contribution in [0.5, 0.6) is 0 Å². The van der Waals surface area contributed by atoms with Crippen LogP contribution >= 0.6 is 0 Å². The van der Waals surface area contributed by atoms with Crippen LogP contribution in [0.3, 0.4) is 0 Å². The SMILES string of the molecule is CC1(C)CCCCC1NC(=O)OCC(F)(F)F. The van der Waals surface area contributed by atoms with Gasteiger partial charge < -0.3 is 10.1 Å². The monoisotopic (exact) mass is 253 g/mol. The van der Waals surface area contributed by atoms with Crippen LogP contribution in [0.15, 0.2) is 0 Å². The molecule has 0 saturated heterocycles. The van der Waals surface area contributed by atoms with Crippen molar-refractivity contribution in [1.29, 1.82) is 0 Å². The van der Waals surface area contributed by atoms with Crippen LogP contribution < -0.4 is 5.32 Å². The summed E-state index contributed by atoms with van der Waals surface area (Å²) in [7, 11) is 0. The summed E-state index contributed by atoms with van der Waals surface area (Å²) < 4.78 is 39.7. The number of carbonyl (C=O) groups excluding carboxylic acids is 1. The predicted octanol–water partition coefficient (Wildman–Crippen LogP) is 3.24. The maximum absolute atomic E-state index is 11.8. The highest BCUT2D eigenvalue weighted by Crippen LogP contribution is 2.35. The Labute approximate surface area is 98.7 Å². The van der Waals surface area contributed by atoms with Crippen molar-refractivity contribution in [2.75, 3.05) is 6.61 Å². The minimum Gasteiger partial charge on any atom is -0.440 e. The lowest BCUT2D eigenvalue weighted by Gasteiger charge is -2.38. The Hall–Kier alpha value is -0.940. The second-order valence-electron chi connectivity index (χ2n) is 5.12. The molecule has 17 heavy (non-hydrogen) atoms. The smallest absolute Gasteiger partial charge is 0.422 e. The highest BCUT2D eigenvalue weighted by molar-refractivity contribution is 5.67. The Balaban J connectivity index is 2.40. The maximum Gasteiger partial charge on any atom is 0.422 e. The number of rotatable bonds is 2. The third-order valence-electron chi connectivity index (χ3n) is 3.17. The van der Waals surface area contributed by atoms with Crippen molar-refractivity contribution < 1.29 is 22.7 Å². The van der Waals surface area contributed by atoms with Crippen molar-refractivity contribution >= 4 is 6.09 Å². The van der Waals surface area contributed by atoms with Gasteiger partial charge >= 0.3 is 12.3 Å².